The number of aromatic amines is 1. The van der Waals surface area contributed by atoms with Crippen molar-refractivity contribution in [3.63, 3.8) is 0 Å². The minimum absolute atomic E-state index is 0.790. The van der Waals surface area contributed by atoms with Crippen LogP contribution in [-0.2, 0) is 19.5 Å². The van der Waals surface area contributed by atoms with Crippen LogP contribution >= 0.6 is 15.9 Å². The van der Waals surface area contributed by atoms with E-state index in [1.165, 1.54) is 16.7 Å². The van der Waals surface area contributed by atoms with Gasteiger partial charge in [0, 0.05) is 40.8 Å². The van der Waals surface area contributed by atoms with E-state index in [4.69, 9.17) is 4.74 Å². The first-order valence-electron chi connectivity index (χ1n) is 6.80. The number of hydrogen-bond acceptors (Lipinski definition) is 3. The van der Waals surface area contributed by atoms with E-state index in [1.807, 2.05) is 6.92 Å². The van der Waals surface area contributed by atoms with Crippen LogP contribution in [0.1, 0.15) is 28.1 Å². The van der Waals surface area contributed by atoms with E-state index in [9.17, 15) is 0 Å². The summed E-state index contributed by atoms with van der Waals surface area (Å²) in [6.07, 6.45) is 1.00. The van der Waals surface area contributed by atoms with Crippen LogP contribution in [0.25, 0.3) is 0 Å². The molecule has 3 rings (SSSR count). The molecule has 2 heterocycles. The maximum Gasteiger partial charge on any atom is 0.127 e. The van der Waals surface area contributed by atoms with Crippen LogP contribution in [-0.4, -0.2) is 16.8 Å². The fourth-order valence-electron chi connectivity index (χ4n) is 2.63. The summed E-state index contributed by atoms with van der Waals surface area (Å²) in [6, 6.07) is 4.28. The monoisotopic (exact) mass is 335 g/mol. The predicted molar refractivity (Wildman–Crippen MR) is 81.9 cm³/mol. The Kier molecular flexibility index (Phi) is 3.81. The highest BCUT2D eigenvalue weighted by Crippen LogP contribution is 2.32. The average Bonchev–Trinajstić information content (AvgIpc) is 2.99. The fourth-order valence-corrected chi connectivity index (χ4v) is 3.19. The highest BCUT2D eigenvalue weighted by molar-refractivity contribution is 9.10. The number of fused-ring (bicyclic) bond motifs is 1. The topological polar surface area (TPSA) is 49.9 Å². The zero-order valence-corrected chi connectivity index (χ0v) is 13.3. The first kappa shape index (κ1) is 13.6. The Balaban J connectivity index is 1.70. The molecule has 1 aromatic heterocycles. The van der Waals surface area contributed by atoms with Gasteiger partial charge in [0.1, 0.15) is 5.75 Å². The normalized spacial score (nSPS) is 13.3. The molecule has 1 aliphatic rings. The number of hydrogen-bond donors (Lipinski definition) is 2. The Morgan fingerprint density at radius 3 is 2.95 bits per heavy atom. The second kappa shape index (κ2) is 5.58. The van der Waals surface area contributed by atoms with Gasteiger partial charge in [0.2, 0.25) is 0 Å². The maximum atomic E-state index is 5.74. The molecule has 0 spiro atoms. The third kappa shape index (κ3) is 2.60. The molecule has 0 atom stereocenters. The minimum atomic E-state index is 0.790. The number of halogens is 1. The van der Waals surface area contributed by atoms with Gasteiger partial charge in [-0.25, -0.2) is 0 Å². The van der Waals surface area contributed by atoms with Crippen LogP contribution in [0.5, 0.6) is 5.75 Å². The van der Waals surface area contributed by atoms with Gasteiger partial charge in [-0.2, -0.15) is 5.10 Å². The van der Waals surface area contributed by atoms with Gasteiger partial charge in [0.05, 0.1) is 12.3 Å². The number of H-pyrrole nitrogens is 1. The number of ether oxygens (including phenoxy) is 1. The van der Waals surface area contributed by atoms with E-state index < -0.39 is 0 Å². The third-order valence-electron chi connectivity index (χ3n) is 3.72. The Labute approximate surface area is 127 Å². The Bertz CT molecular complexity index is 617. The van der Waals surface area contributed by atoms with Crippen LogP contribution in [0.3, 0.4) is 0 Å². The summed E-state index contributed by atoms with van der Waals surface area (Å²) in [5.74, 6) is 1.06. The maximum absolute atomic E-state index is 5.74. The molecule has 1 aliphatic heterocycles. The summed E-state index contributed by atoms with van der Waals surface area (Å²) in [7, 11) is 0. The molecule has 106 valence electrons. The van der Waals surface area contributed by atoms with Crippen molar-refractivity contribution in [3.8, 4) is 5.75 Å². The third-order valence-corrected chi connectivity index (χ3v) is 4.18. The van der Waals surface area contributed by atoms with E-state index in [1.54, 1.807) is 0 Å². The molecule has 1 aromatic carbocycles. The molecule has 0 bridgehead atoms. The van der Waals surface area contributed by atoms with Gasteiger partial charge in [-0.15, -0.1) is 0 Å². The van der Waals surface area contributed by atoms with Crippen molar-refractivity contribution in [1.82, 2.24) is 15.5 Å². The standard InChI is InChI=1S/C15H18BrN3O/c1-9-14(10(2)19-18-9)8-17-7-12-6-13(16)5-11-3-4-20-15(11)12/h5-6,17H,3-4,7-8H2,1-2H3,(H,18,19). The number of aromatic nitrogens is 2. The predicted octanol–water partition coefficient (Wildman–Crippen LogP) is 3.01. The van der Waals surface area contributed by atoms with Gasteiger partial charge in [-0.3, -0.25) is 5.10 Å². The lowest BCUT2D eigenvalue weighted by Gasteiger charge is -2.10. The van der Waals surface area contributed by atoms with Crippen LogP contribution in [0.15, 0.2) is 16.6 Å². The van der Waals surface area contributed by atoms with E-state index >= 15 is 0 Å². The Morgan fingerprint density at radius 1 is 1.35 bits per heavy atom. The molecule has 0 fully saturated rings. The molecule has 4 nitrogen and oxygen atoms in total. The summed E-state index contributed by atoms with van der Waals surface area (Å²) in [5, 5.41) is 10.7. The molecule has 0 saturated heterocycles. The number of rotatable bonds is 4. The smallest absolute Gasteiger partial charge is 0.127 e. The molecule has 0 aliphatic carbocycles. The van der Waals surface area contributed by atoms with Gasteiger partial charge in [-0.05, 0) is 31.5 Å². The summed E-state index contributed by atoms with van der Waals surface area (Å²) in [4.78, 5) is 0. The summed E-state index contributed by atoms with van der Waals surface area (Å²) in [5.41, 5.74) is 5.95. The molecule has 0 unspecified atom stereocenters. The van der Waals surface area contributed by atoms with Crippen LogP contribution in [0, 0.1) is 13.8 Å². The Hall–Kier alpha value is -1.33. The quantitative estimate of drug-likeness (QED) is 0.902. The largest absolute Gasteiger partial charge is 0.493 e. The van der Waals surface area contributed by atoms with E-state index in [2.05, 4.69) is 50.5 Å². The zero-order valence-electron chi connectivity index (χ0n) is 11.7. The minimum Gasteiger partial charge on any atom is -0.493 e. The lowest BCUT2D eigenvalue weighted by molar-refractivity contribution is 0.352. The lowest BCUT2D eigenvalue weighted by Crippen LogP contribution is -2.14. The van der Waals surface area contributed by atoms with Gasteiger partial charge in [-0.1, -0.05) is 15.9 Å². The average molecular weight is 336 g/mol. The van der Waals surface area contributed by atoms with Crippen molar-refractivity contribution in [3.05, 3.63) is 44.7 Å². The number of benzene rings is 1. The summed E-state index contributed by atoms with van der Waals surface area (Å²) in [6.45, 7) is 6.48. The number of nitrogens with zero attached hydrogens (tertiary/aromatic N) is 1. The van der Waals surface area contributed by atoms with Crippen molar-refractivity contribution < 1.29 is 4.74 Å². The van der Waals surface area contributed by atoms with Crippen LogP contribution < -0.4 is 10.1 Å². The van der Waals surface area contributed by atoms with Crippen molar-refractivity contribution in [2.24, 2.45) is 0 Å². The molecule has 0 saturated carbocycles. The zero-order chi connectivity index (χ0) is 14.1. The van der Waals surface area contributed by atoms with Crippen LogP contribution in [0.4, 0.5) is 0 Å². The van der Waals surface area contributed by atoms with Crippen molar-refractivity contribution in [2.45, 2.75) is 33.4 Å². The molecule has 0 radical (unpaired) electrons. The molecular formula is C15H18BrN3O. The van der Waals surface area contributed by atoms with Gasteiger partial charge >= 0.3 is 0 Å². The number of nitrogens with one attached hydrogen (secondary N) is 2. The molecular weight excluding hydrogens is 318 g/mol. The second-order valence-electron chi connectivity index (χ2n) is 5.17. The van der Waals surface area contributed by atoms with Crippen molar-refractivity contribution >= 4 is 15.9 Å². The van der Waals surface area contributed by atoms with Crippen LogP contribution in [0.2, 0.25) is 0 Å². The first-order valence-corrected chi connectivity index (χ1v) is 7.59. The summed E-state index contributed by atoms with van der Waals surface area (Å²) < 4.78 is 6.86. The van der Waals surface area contributed by atoms with E-state index in [0.717, 1.165) is 47.7 Å². The van der Waals surface area contributed by atoms with E-state index in [-0.39, 0.29) is 0 Å². The molecule has 0 amide bonds. The number of aryl methyl sites for hydroxylation is 2. The fraction of sp³-hybridized carbons (Fsp3) is 0.400. The van der Waals surface area contributed by atoms with Gasteiger partial charge in [0.25, 0.3) is 0 Å². The lowest BCUT2D eigenvalue weighted by atomic mass is 10.1. The molecule has 5 heteroatoms. The van der Waals surface area contributed by atoms with E-state index in [0.29, 0.717) is 0 Å². The second-order valence-corrected chi connectivity index (χ2v) is 6.08. The summed E-state index contributed by atoms with van der Waals surface area (Å²) >= 11 is 3.57. The van der Waals surface area contributed by atoms with Gasteiger partial charge < -0.3 is 10.1 Å². The molecule has 20 heavy (non-hydrogen) atoms. The molecule has 2 N–H and O–H groups in total. The molecule has 2 aromatic rings. The van der Waals surface area contributed by atoms with Gasteiger partial charge in [0.15, 0.2) is 0 Å². The van der Waals surface area contributed by atoms with Crippen molar-refractivity contribution in [1.29, 1.82) is 0 Å². The highest BCUT2D eigenvalue weighted by atomic mass is 79.9. The first-order chi connectivity index (χ1) is 9.65. The van der Waals surface area contributed by atoms with Crippen molar-refractivity contribution in [2.75, 3.05) is 6.61 Å². The Morgan fingerprint density at radius 2 is 2.20 bits per heavy atom. The SMILES string of the molecule is Cc1n[nH]c(C)c1CNCc1cc(Br)cc2c1OCC2. The highest BCUT2D eigenvalue weighted by Gasteiger charge is 2.17.